The van der Waals surface area contributed by atoms with Gasteiger partial charge in [0.05, 0.1) is 0 Å². The van der Waals surface area contributed by atoms with E-state index in [9.17, 15) is 0 Å². The Kier molecular flexibility index (Phi) is 2.87. The van der Waals surface area contributed by atoms with Crippen molar-refractivity contribution in [2.24, 2.45) is 5.73 Å². The summed E-state index contributed by atoms with van der Waals surface area (Å²) in [4.78, 5) is 0. The average molecular weight is 239 g/mol. The first kappa shape index (κ1) is 11.7. The quantitative estimate of drug-likeness (QED) is 0.790. The lowest BCUT2D eigenvalue weighted by Gasteiger charge is -2.35. The maximum atomic E-state index is 6.72. The third kappa shape index (κ3) is 1.83. The van der Waals surface area contributed by atoms with Crippen molar-refractivity contribution in [1.82, 2.24) is 0 Å². The van der Waals surface area contributed by atoms with E-state index in [0.29, 0.717) is 0 Å². The van der Waals surface area contributed by atoms with E-state index in [-0.39, 0.29) is 5.54 Å². The van der Waals surface area contributed by atoms with Crippen LogP contribution in [0.1, 0.15) is 43.2 Å². The summed E-state index contributed by atoms with van der Waals surface area (Å²) >= 11 is 0. The van der Waals surface area contributed by atoms with Gasteiger partial charge in [0.15, 0.2) is 0 Å². The molecule has 0 spiro atoms. The van der Waals surface area contributed by atoms with Crippen molar-refractivity contribution in [3.05, 3.63) is 47.5 Å². The minimum Gasteiger partial charge on any atom is -0.321 e. The van der Waals surface area contributed by atoms with Gasteiger partial charge >= 0.3 is 0 Å². The molecule has 0 unspecified atom stereocenters. The molecular formula is C17H21N. The van der Waals surface area contributed by atoms with Crippen molar-refractivity contribution in [3.63, 3.8) is 0 Å². The van der Waals surface area contributed by atoms with E-state index in [4.69, 9.17) is 5.73 Å². The molecule has 2 aromatic rings. The minimum atomic E-state index is -0.107. The van der Waals surface area contributed by atoms with E-state index < -0.39 is 0 Å². The Hall–Kier alpha value is -1.34. The SMILES string of the molecule is Cc1cccc2cccc(C3(N)CCCCC3)c12. The van der Waals surface area contributed by atoms with E-state index in [0.717, 1.165) is 12.8 Å². The standard InChI is InChI=1S/C17H21N/c1-13-7-5-8-14-9-6-10-15(16(13)14)17(18)11-3-2-4-12-17/h5-10H,2-4,11-12,18H2,1H3. The predicted octanol–water partition coefficient (Wildman–Crippen LogP) is 4.27. The maximum Gasteiger partial charge on any atom is 0.0415 e. The van der Waals surface area contributed by atoms with Crippen LogP contribution in [0.15, 0.2) is 36.4 Å². The Bertz CT molecular complexity index is 560. The van der Waals surface area contributed by atoms with Gasteiger partial charge in [0, 0.05) is 5.54 Å². The summed E-state index contributed by atoms with van der Waals surface area (Å²) in [6.45, 7) is 2.19. The predicted molar refractivity (Wildman–Crippen MR) is 77.6 cm³/mol. The summed E-state index contributed by atoms with van der Waals surface area (Å²) in [5.41, 5.74) is 9.31. The fourth-order valence-electron chi connectivity index (χ4n) is 3.40. The lowest BCUT2D eigenvalue weighted by Crippen LogP contribution is -2.38. The molecule has 1 nitrogen and oxygen atoms in total. The van der Waals surface area contributed by atoms with Gasteiger partial charge in [0.25, 0.3) is 0 Å². The lowest BCUT2D eigenvalue weighted by molar-refractivity contribution is 0.304. The van der Waals surface area contributed by atoms with Gasteiger partial charge in [-0.25, -0.2) is 0 Å². The molecule has 0 saturated heterocycles. The highest BCUT2D eigenvalue weighted by atomic mass is 14.7. The molecule has 0 atom stereocenters. The Morgan fingerprint density at radius 2 is 1.61 bits per heavy atom. The van der Waals surface area contributed by atoms with Gasteiger partial charge in [-0.1, -0.05) is 55.7 Å². The average Bonchev–Trinajstić information content (AvgIpc) is 2.39. The second kappa shape index (κ2) is 4.40. The van der Waals surface area contributed by atoms with E-state index in [1.165, 1.54) is 41.2 Å². The summed E-state index contributed by atoms with van der Waals surface area (Å²) in [6.07, 6.45) is 6.11. The van der Waals surface area contributed by atoms with Gasteiger partial charge in [0.2, 0.25) is 0 Å². The first-order chi connectivity index (χ1) is 8.71. The number of rotatable bonds is 1. The second-order valence-corrected chi connectivity index (χ2v) is 5.70. The molecule has 3 rings (SSSR count). The molecule has 0 aromatic heterocycles. The van der Waals surface area contributed by atoms with Crippen molar-refractivity contribution in [3.8, 4) is 0 Å². The molecule has 94 valence electrons. The second-order valence-electron chi connectivity index (χ2n) is 5.70. The zero-order valence-corrected chi connectivity index (χ0v) is 11.1. The van der Waals surface area contributed by atoms with Crippen LogP contribution in [0.5, 0.6) is 0 Å². The molecule has 1 saturated carbocycles. The van der Waals surface area contributed by atoms with Crippen molar-refractivity contribution in [2.45, 2.75) is 44.6 Å². The first-order valence-corrected chi connectivity index (χ1v) is 6.98. The number of hydrogen-bond donors (Lipinski definition) is 1. The molecule has 2 aromatic carbocycles. The lowest BCUT2D eigenvalue weighted by atomic mass is 9.75. The zero-order chi connectivity index (χ0) is 12.6. The first-order valence-electron chi connectivity index (χ1n) is 6.98. The fourth-order valence-corrected chi connectivity index (χ4v) is 3.40. The van der Waals surface area contributed by atoms with Crippen molar-refractivity contribution in [1.29, 1.82) is 0 Å². The molecule has 0 amide bonds. The zero-order valence-electron chi connectivity index (χ0n) is 11.1. The number of aryl methyl sites for hydroxylation is 1. The van der Waals surface area contributed by atoms with Gasteiger partial charge in [-0.05, 0) is 41.7 Å². The highest BCUT2D eigenvalue weighted by molar-refractivity contribution is 5.89. The number of benzene rings is 2. The molecule has 1 heteroatoms. The summed E-state index contributed by atoms with van der Waals surface area (Å²) < 4.78 is 0. The summed E-state index contributed by atoms with van der Waals surface area (Å²) in [5, 5.41) is 2.70. The summed E-state index contributed by atoms with van der Waals surface area (Å²) in [7, 11) is 0. The molecule has 2 N–H and O–H groups in total. The minimum absolute atomic E-state index is 0.107. The van der Waals surface area contributed by atoms with Crippen LogP contribution in [0.3, 0.4) is 0 Å². The van der Waals surface area contributed by atoms with Crippen LogP contribution in [0, 0.1) is 6.92 Å². The van der Waals surface area contributed by atoms with Gasteiger partial charge < -0.3 is 5.73 Å². The third-order valence-corrected chi connectivity index (χ3v) is 4.40. The van der Waals surface area contributed by atoms with Gasteiger partial charge in [-0.3, -0.25) is 0 Å². The van der Waals surface area contributed by atoms with Crippen LogP contribution in [0.4, 0.5) is 0 Å². The monoisotopic (exact) mass is 239 g/mol. The number of fused-ring (bicyclic) bond motifs is 1. The van der Waals surface area contributed by atoms with Gasteiger partial charge in [-0.2, -0.15) is 0 Å². The molecule has 1 aliphatic rings. The molecule has 0 aliphatic heterocycles. The molecule has 0 radical (unpaired) electrons. The molecule has 0 heterocycles. The Balaban J connectivity index is 2.22. The summed E-state index contributed by atoms with van der Waals surface area (Å²) in [6, 6.07) is 13.1. The largest absolute Gasteiger partial charge is 0.321 e. The smallest absolute Gasteiger partial charge is 0.0415 e. The van der Waals surface area contributed by atoms with Crippen molar-refractivity contribution < 1.29 is 0 Å². The van der Waals surface area contributed by atoms with E-state index in [2.05, 4.69) is 43.3 Å². The number of nitrogens with two attached hydrogens (primary N) is 1. The topological polar surface area (TPSA) is 26.0 Å². The Labute approximate surface area is 109 Å². The maximum absolute atomic E-state index is 6.72. The van der Waals surface area contributed by atoms with Gasteiger partial charge in [-0.15, -0.1) is 0 Å². The fraction of sp³-hybridized carbons (Fsp3) is 0.412. The van der Waals surface area contributed by atoms with Crippen molar-refractivity contribution in [2.75, 3.05) is 0 Å². The van der Waals surface area contributed by atoms with Crippen LogP contribution in [0.2, 0.25) is 0 Å². The molecule has 1 aliphatic carbocycles. The van der Waals surface area contributed by atoms with E-state index in [1.54, 1.807) is 0 Å². The normalized spacial score (nSPS) is 19.0. The van der Waals surface area contributed by atoms with Crippen LogP contribution in [-0.4, -0.2) is 0 Å². The molecule has 0 bridgehead atoms. The molecule has 18 heavy (non-hydrogen) atoms. The highest BCUT2D eigenvalue weighted by Gasteiger charge is 2.30. The number of hydrogen-bond acceptors (Lipinski definition) is 1. The van der Waals surface area contributed by atoms with Crippen LogP contribution in [0.25, 0.3) is 10.8 Å². The summed E-state index contributed by atoms with van der Waals surface area (Å²) in [5.74, 6) is 0. The van der Waals surface area contributed by atoms with Crippen LogP contribution < -0.4 is 5.73 Å². The van der Waals surface area contributed by atoms with Crippen LogP contribution >= 0.6 is 0 Å². The molecule has 1 fully saturated rings. The molecular weight excluding hydrogens is 218 g/mol. The highest BCUT2D eigenvalue weighted by Crippen LogP contribution is 2.38. The van der Waals surface area contributed by atoms with E-state index >= 15 is 0 Å². The van der Waals surface area contributed by atoms with Crippen LogP contribution in [-0.2, 0) is 5.54 Å². The third-order valence-electron chi connectivity index (χ3n) is 4.40. The van der Waals surface area contributed by atoms with Gasteiger partial charge in [0.1, 0.15) is 0 Å². The van der Waals surface area contributed by atoms with Crippen molar-refractivity contribution >= 4 is 10.8 Å². The Morgan fingerprint density at radius 3 is 2.33 bits per heavy atom. The van der Waals surface area contributed by atoms with E-state index in [1.807, 2.05) is 0 Å². The Morgan fingerprint density at radius 1 is 0.944 bits per heavy atom.